The van der Waals surface area contributed by atoms with Crippen LogP contribution in [-0.2, 0) is 7.05 Å². The molecular weight excluding hydrogens is 318 g/mol. The number of hydrogen-bond donors (Lipinski definition) is 0. The zero-order chi connectivity index (χ0) is 16.8. The summed E-state index contributed by atoms with van der Waals surface area (Å²) in [5.74, 6) is 1.88. The summed E-state index contributed by atoms with van der Waals surface area (Å²) < 4.78 is 3.92. The molecule has 0 aromatic carbocycles. The van der Waals surface area contributed by atoms with E-state index in [0.29, 0.717) is 0 Å². The fourth-order valence-corrected chi connectivity index (χ4v) is 3.41. The molecule has 0 atom stereocenters. The smallest absolute Gasteiger partial charge is 0.203 e. The minimum absolute atomic E-state index is 0.795. The number of rotatable bonds is 2. The van der Waals surface area contributed by atoms with E-state index in [2.05, 4.69) is 41.0 Å². The van der Waals surface area contributed by atoms with Gasteiger partial charge in [-0.15, -0.1) is 10.2 Å². The van der Waals surface area contributed by atoms with Crippen LogP contribution in [0.3, 0.4) is 0 Å². The minimum Gasteiger partial charge on any atom is -0.352 e. The lowest BCUT2D eigenvalue weighted by Gasteiger charge is -2.36. The van der Waals surface area contributed by atoms with E-state index in [1.807, 2.05) is 28.4 Å². The van der Waals surface area contributed by atoms with Crippen molar-refractivity contribution in [1.82, 2.24) is 34.1 Å². The maximum atomic E-state index is 4.52. The fourth-order valence-electron chi connectivity index (χ4n) is 3.41. The van der Waals surface area contributed by atoms with Crippen LogP contribution in [0.1, 0.15) is 0 Å². The van der Waals surface area contributed by atoms with Crippen molar-refractivity contribution in [3.8, 4) is 0 Å². The highest BCUT2D eigenvalue weighted by Crippen LogP contribution is 2.25. The van der Waals surface area contributed by atoms with Gasteiger partial charge in [-0.3, -0.25) is 4.40 Å². The van der Waals surface area contributed by atoms with Crippen molar-refractivity contribution >= 4 is 28.3 Å². The van der Waals surface area contributed by atoms with Gasteiger partial charge in [0.1, 0.15) is 24.1 Å². The van der Waals surface area contributed by atoms with E-state index in [0.717, 1.165) is 54.5 Å². The Morgan fingerprint density at radius 1 is 0.880 bits per heavy atom. The summed E-state index contributed by atoms with van der Waals surface area (Å²) in [6.45, 7) is 3.46. The van der Waals surface area contributed by atoms with Crippen molar-refractivity contribution in [2.24, 2.45) is 7.05 Å². The Hall–Kier alpha value is -3.23. The molecule has 0 amide bonds. The van der Waals surface area contributed by atoms with E-state index < -0.39 is 0 Å². The van der Waals surface area contributed by atoms with Crippen LogP contribution in [0.15, 0.2) is 37.3 Å². The van der Waals surface area contributed by atoms with Crippen molar-refractivity contribution < 1.29 is 0 Å². The van der Waals surface area contributed by atoms with Crippen molar-refractivity contribution in [3.05, 3.63) is 37.3 Å². The molecule has 9 heteroatoms. The van der Waals surface area contributed by atoms with Crippen molar-refractivity contribution in [3.63, 3.8) is 0 Å². The van der Waals surface area contributed by atoms with Crippen molar-refractivity contribution in [2.75, 3.05) is 36.0 Å². The Bertz CT molecular complexity index is 1040. The molecule has 0 aliphatic carbocycles. The van der Waals surface area contributed by atoms with Crippen LogP contribution >= 0.6 is 0 Å². The molecule has 9 nitrogen and oxygen atoms in total. The first kappa shape index (κ1) is 14.1. The van der Waals surface area contributed by atoms with Gasteiger partial charge in [-0.05, 0) is 6.07 Å². The third-order valence-electron chi connectivity index (χ3n) is 4.72. The van der Waals surface area contributed by atoms with Gasteiger partial charge in [0.15, 0.2) is 5.82 Å². The Morgan fingerprint density at radius 2 is 1.68 bits per heavy atom. The van der Waals surface area contributed by atoms with Gasteiger partial charge < -0.3 is 14.4 Å². The van der Waals surface area contributed by atoms with Gasteiger partial charge in [0.2, 0.25) is 5.65 Å². The predicted octanol–water partition coefficient (Wildman–Crippen LogP) is 0.733. The van der Waals surface area contributed by atoms with Crippen LogP contribution in [0.25, 0.3) is 16.7 Å². The molecule has 0 unspecified atom stereocenters. The first-order chi connectivity index (χ1) is 12.3. The first-order valence-electron chi connectivity index (χ1n) is 8.21. The number of nitrogens with zero attached hydrogens (tertiary/aromatic N) is 9. The Morgan fingerprint density at radius 3 is 2.52 bits per heavy atom. The molecule has 0 radical (unpaired) electrons. The maximum Gasteiger partial charge on any atom is 0.203 e. The summed E-state index contributed by atoms with van der Waals surface area (Å²) in [6, 6.07) is 2.08. The summed E-state index contributed by atoms with van der Waals surface area (Å²) in [5.41, 5.74) is 1.76. The van der Waals surface area contributed by atoms with Crippen LogP contribution < -0.4 is 9.80 Å². The molecule has 126 valence electrons. The number of anilines is 2. The molecule has 1 aliphatic rings. The van der Waals surface area contributed by atoms with E-state index in [9.17, 15) is 0 Å². The van der Waals surface area contributed by atoms with Gasteiger partial charge in [0.25, 0.3) is 0 Å². The lowest BCUT2D eigenvalue weighted by molar-refractivity contribution is 0.643. The largest absolute Gasteiger partial charge is 0.352 e. The van der Waals surface area contributed by atoms with Gasteiger partial charge in [-0.25, -0.2) is 15.0 Å². The Labute approximate surface area is 143 Å². The van der Waals surface area contributed by atoms with Crippen LogP contribution in [0, 0.1) is 0 Å². The van der Waals surface area contributed by atoms with Gasteiger partial charge in [-0.2, -0.15) is 0 Å². The van der Waals surface area contributed by atoms with Crippen molar-refractivity contribution in [2.45, 2.75) is 0 Å². The van der Waals surface area contributed by atoms with Crippen LogP contribution in [0.4, 0.5) is 11.6 Å². The first-order valence-corrected chi connectivity index (χ1v) is 8.21. The molecule has 0 N–H and O–H groups in total. The zero-order valence-electron chi connectivity index (χ0n) is 13.8. The second-order valence-electron chi connectivity index (χ2n) is 6.15. The van der Waals surface area contributed by atoms with Crippen LogP contribution in [0.2, 0.25) is 0 Å². The Balaban J connectivity index is 1.42. The van der Waals surface area contributed by atoms with Gasteiger partial charge in [0, 0.05) is 51.8 Å². The number of piperazine rings is 1. The van der Waals surface area contributed by atoms with Gasteiger partial charge >= 0.3 is 0 Å². The monoisotopic (exact) mass is 335 g/mol. The van der Waals surface area contributed by atoms with E-state index in [-0.39, 0.29) is 0 Å². The second kappa shape index (κ2) is 5.40. The molecule has 0 bridgehead atoms. The van der Waals surface area contributed by atoms with Crippen LogP contribution in [-0.4, -0.2) is 60.3 Å². The molecule has 0 spiro atoms. The normalized spacial score (nSPS) is 15.4. The minimum atomic E-state index is 0.795. The molecule has 1 aliphatic heterocycles. The average molecular weight is 335 g/mol. The van der Waals surface area contributed by atoms with Crippen molar-refractivity contribution in [1.29, 1.82) is 0 Å². The average Bonchev–Trinajstić information content (AvgIpc) is 3.28. The second-order valence-corrected chi connectivity index (χ2v) is 6.15. The highest BCUT2D eigenvalue weighted by atomic mass is 15.3. The topological polar surface area (TPSA) is 80.3 Å². The summed E-state index contributed by atoms with van der Waals surface area (Å²) in [5, 5.41) is 9.25. The number of hydrogen-bond acceptors (Lipinski definition) is 7. The molecule has 4 aromatic heterocycles. The van der Waals surface area contributed by atoms with Gasteiger partial charge in [-0.1, -0.05) is 0 Å². The summed E-state index contributed by atoms with van der Waals surface area (Å²) >= 11 is 0. The predicted molar refractivity (Wildman–Crippen MR) is 93.7 cm³/mol. The molecule has 25 heavy (non-hydrogen) atoms. The third kappa shape index (κ3) is 2.19. The summed E-state index contributed by atoms with van der Waals surface area (Å²) in [4.78, 5) is 18.0. The zero-order valence-corrected chi connectivity index (χ0v) is 13.8. The lowest BCUT2D eigenvalue weighted by atomic mass is 10.2. The molecular formula is C16H17N9. The molecule has 1 fully saturated rings. The number of aromatic nitrogens is 7. The quantitative estimate of drug-likeness (QED) is 0.534. The molecule has 5 heterocycles. The fraction of sp³-hybridized carbons (Fsp3) is 0.312. The standard InChI is InChI=1S/C16H17N9/c1-22-4-2-12-13(22)18-10-19-14(12)23-6-8-24(9-7-23)15-16-21-20-11-25(16)5-3-17-15/h2-5,10-11H,6-9H2,1H3. The van der Waals surface area contributed by atoms with Crippen LogP contribution in [0.5, 0.6) is 0 Å². The summed E-state index contributed by atoms with van der Waals surface area (Å²) in [6.07, 6.45) is 9.01. The SMILES string of the molecule is Cn1ccc2c(N3CCN(c4nccn5cnnc45)CC3)ncnc21. The molecule has 1 saturated heterocycles. The maximum absolute atomic E-state index is 4.52. The number of fused-ring (bicyclic) bond motifs is 2. The molecule has 0 saturated carbocycles. The molecule has 4 aromatic rings. The molecule has 5 rings (SSSR count). The van der Waals surface area contributed by atoms with E-state index in [1.165, 1.54) is 0 Å². The number of aryl methyl sites for hydroxylation is 1. The van der Waals surface area contributed by atoms with E-state index in [4.69, 9.17) is 0 Å². The highest BCUT2D eigenvalue weighted by molar-refractivity contribution is 5.88. The Kier molecular flexibility index (Phi) is 3.06. The lowest BCUT2D eigenvalue weighted by Crippen LogP contribution is -2.47. The summed E-state index contributed by atoms with van der Waals surface area (Å²) in [7, 11) is 2.00. The van der Waals surface area contributed by atoms with Gasteiger partial charge in [0.05, 0.1) is 5.39 Å². The van der Waals surface area contributed by atoms with E-state index in [1.54, 1.807) is 18.9 Å². The van der Waals surface area contributed by atoms with E-state index >= 15 is 0 Å². The third-order valence-corrected chi connectivity index (χ3v) is 4.72. The highest BCUT2D eigenvalue weighted by Gasteiger charge is 2.23.